The number of likely N-dealkylation sites (N-methyl/N-ethyl adjacent to an activating group) is 1. The highest BCUT2D eigenvalue weighted by Gasteiger charge is 2.24. The first-order valence-corrected chi connectivity index (χ1v) is 7.81. The maximum atomic E-state index is 4.94. The van der Waals surface area contributed by atoms with Crippen molar-refractivity contribution in [2.24, 2.45) is 0 Å². The lowest BCUT2D eigenvalue weighted by molar-refractivity contribution is 0.523. The molecule has 0 aliphatic heterocycles. The first kappa shape index (κ1) is 12.8. The summed E-state index contributed by atoms with van der Waals surface area (Å²) in [4.78, 5) is 6.44. The number of hydrogen-bond acceptors (Lipinski definition) is 3. The van der Waals surface area contributed by atoms with Crippen LogP contribution >= 0.6 is 11.3 Å². The molecule has 1 aromatic carbocycles. The number of rotatable bonds is 3. The quantitative estimate of drug-likeness (QED) is 0.920. The summed E-state index contributed by atoms with van der Waals surface area (Å²) >= 11 is 1.89. The second-order valence-electron chi connectivity index (χ2n) is 5.34. The molecule has 0 saturated heterocycles. The summed E-state index contributed by atoms with van der Waals surface area (Å²) in [5.41, 5.74) is 3.92. The second-order valence-corrected chi connectivity index (χ2v) is 6.43. The largest absolute Gasteiger partial charge is 0.319 e. The summed E-state index contributed by atoms with van der Waals surface area (Å²) < 4.78 is 0. The molecule has 0 spiro atoms. The smallest absolute Gasteiger partial charge is 0.123 e. The van der Waals surface area contributed by atoms with Crippen molar-refractivity contribution in [3.05, 3.63) is 40.4 Å². The number of aromatic nitrogens is 1. The molecule has 1 aromatic heterocycles. The summed E-state index contributed by atoms with van der Waals surface area (Å²) in [5.74, 6) is 0.601. The van der Waals surface area contributed by atoms with Crippen LogP contribution in [0.1, 0.15) is 34.9 Å². The maximum Gasteiger partial charge on any atom is 0.123 e. The van der Waals surface area contributed by atoms with Gasteiger partial charge >= 0.3 is 0 Å². The molecular weight excluding hydrogens is 252 g/mol. The van der Waals surface area contributed by atoms with Gasteiger partial charge in [0.15, 0.2) is 0 Å². The molecular formula is C16H20N2S. The van der Waals surface area contributed by atoms with Crippen molar-refractivity contribution in [3.8, 4) is 10.6 Å². The van der Waals surface area contributed by atoms with Crippen LogP contribution in [0, 0.1) is 6.92 Å². The molecule has 1 heterocycles. The minimum Gasteiger partial charge on any atom is -0.319 e. The summed E-state index contributed by atoms with van der Waals surface area (Å²) in [6.07, 6.45) is 3.78. The Labute approximate surface area is 118 Å². The number of fused-ring (bicyclic) bond motifs is 1. The monoisotopic (exact) mass is 272 g/mol. The van der Waals surface area contributed by atoms with Crippen molar-refractivity contribution in [2.45, 2.75) is 32.1 Å². The molecule has 100 valence electrons. The minimum absolute atomic E-state index is 0.601. The summed E-state index contributed by atoms with van der Waals surface area (Å²) in [5, 5.41) is 4.49. The van der Waals surface area contributed by atoms with E-state index in [1.54, 1.807) is 0 Å². The Morgan fingerprint density at radius 3 is 3.11 bits per heavy atom. The van der Waals surface area contributed by atoms with Crippen molar-refractivity contribution in [1.82, 2.24) is 10.3 Å². The predicted molar refractivity (Wildman–Crippen MR) is 81.9 cm³/mol. The van der Waals surface area contributed by atoms with Gasteiger partial charge in [0.1, 0.15) is 5.01 Å². The first-order valence-electron chi connectivity index (χ1n) is 6.99. The van der Waals surface area contributed by atoms with Crippen molar-refractivity contribution in [2.75, 3.05) is 13.6 Å². The van der Waals surface area contributed by atoms with Crippen LogP contribution in [0.5, 0.6) is 0 Å². The van der Waals surface area contributed by atoms with Gasteiger partial charge in [-0.1, -0.05) is 23.8 Å². The zero-order valence-corrected chi connectivity index (χ0v) is 12.4. The molecule has 2 nitrogen and oxygen atoms in total. The van der Waals surface area contributed by atoms with E-state index in [9.17, 15) is 0 Å². The van der Waals surface area contributed by atoms with Gasteiger partial charge < -0.3 is 5.32 Å². The minimum atomic E-state index is 0.601. The van der Waals surface area contributed by atoms with Crippen LogP contribution in [0.2, 0.25) is 0 Å². The third-order valence-electron chi connectivity index (χ3n) is 3.79. The highest BCUT2D eigenvalue weighted by atomic mass is 32.1. The van der Waals surface area contributed by atoms with Crippen LogP contribution in [0.15, 0.2) is 24.3 Å². The maximum absolute atomic E-state index is 4.94. The van der Waals surface area contributed by atoms with Gasteiger partial charge in [0, 0.05) is 22.9 Å². The number of nitrogens with zero attached hydrogens (tertiary/aromatic N) is 1. The van der Waals surface area contributed by atoms with E-state index in [1.165, 1.54) is 46.0 Å². The summed E-state index contributed by atoms with van der Waals surface area (Å²) in [7, 11) is 2.03. The average Bonchev–Trinajstić information content (AvgIpc) is 2.84. The van der Waals surface area contributed by atoms with E-state index in [-0.39, 0.29) is 0 Å². The van der Waals surface area contributed by atoms with Crippen molar-refractivity contribution >= 4 is 11.3 Å². The fraction of sp³-hybridized carbons (Fsp3) is 0.438. The molecule has 2 aromatic rings. The number of aryl methyl sites for hydroxylation is 2. The number of benzene rings is 1. The van der Waals surface area contributed by atoms with E-state index >= 15 is 0 Å². The van der Waals surface area contributed by atoms with Gasteiger partial charge in [-0.2, -0.15) is 0 Å². The van der Waals surface area contributed by atoms with Crippen molar-refractivity contribution in [1.29, 1.82) is 0 Å². The molecule has 0 saturated carbocycles. The molecule has 0 fully saturated rings. The van der Waals surface area contributed by atoms with Crippen LogP contribution in [0.3, 0.4) is 0 Å². The Balaban J connectivity index is 1.97. The predicted octanol–water partition coefficient (Wildman–Crippen LogP) is 3.76. The van der Waals surface area contributed by atoms with E-state index in [0.29, 0.717) is 5.92 Å². The van der Waals surface area contributed by atoms with Gasteiger partial charge in [-0.05, 0) is 39.3 Å². The normalized spacial score (nSPS) is 18.3. The summed E-state index contributed by atoms with van der Waals surface area (Å²) in [6.45, 7) is 3.19. The number of hydrogen-bond donors (Lipinski definition) is 1. The van der Waals surface area contributed by atoms with Crippen LogP contribution in [0.4, 0.5) is 0 Å². The molecule has 0 bridgehead atoms. The molecule has 3 rings (SSSR count). The van der Waals surface area contributed by atoms with E-state index < -0.39 is 0 Å². The Kier molecular flexibility index (Phi) is 3.67. The third kappa shape index (κ3) is 2.58. The van der Waals surface area contributed by atoms with Gasteiger partial charge in [-0.3, -0.25) is 0 Å². The molecule has 1 unspecified atom stereocenters. The highest BCUT2D eigenvalue weighted by molar-refractivity contribution is 7.15. The van der Waals surface area contributed by atoms with E-state index in [2.05, 4.69) is 36.5 Å². The van der Waals surface area contributed by atoms with Gasteiger partial charge in [-0.25, -0.2) is 4.98 Å². The molecule has 1 atom stereocenters. The van der Waals surface area contributed by atoms with Crippen LogP contribution in [-0.2, 0) is 6.42 Å². The topological polar surface area (TPSA) is 24.9 Å². The van der Waals surface area contributed by atoms with Crippen molar-refractivity contribution in [3.63, 3.8) is 0 Å². The third-order valence-corrected chi connectivity index (χ3v) is 4.97. The van der Waals surface area contributed by atoms with Crippen LogP contribution in [0.25, 0.3) is 10.6 Å². The second kappa shape index (κ2) is 5.43. The lowest BCUT2D eigenvalue weighted by Crippen LogP contribution is -2.20. The zero-order valence-electron chi connectivity index (χ0n) is 11.6. The van der Waals surface area contributed by atoms with Crippen LogP contribution < -0.4 is 5.32 Å². The standard InChI is InChI=1S/C16H20N2S/c1-11-5-3-6-12(9-11)16-18-15-13(10-17-2)7-4-8-14(15)19-16/h3,5-6,9,13,17H,4,7-8,10H2,1-2H3. The first-order chi connectivity index (χ1) is 9.28. The molecule has 1 aliphatic carbocycles. The van der Waals surface area contributed by atoms with Gasteiger partial charge in [0.25, 0.3) is 0 Å². The fourth-order valence-electron chi connectivity index (χ4n) is 2.85. The fourth-order valence-corrected chi connectivity index (χ4v) is 4.04. The molecule has 19 heavy (non-hydrogen) atoms. The average molecular weight is 272 g/mol. The number of thiazole rings is 1. The van der Waals surface area contributed by atoms with E-state index in [4.69, 9.17) is 4.98 Å². The molecule has 3 heteroatoms. The lowest BCUT2D eigenvalue weighted by Gasteiger charge is -2.20. The molecule has 0 amide bonds. The van der Waals surface area contributed by atoms with E-state index in [1.807, 2.05) is 18.4 Å². The molecule has 1 N–H and O–H groups in total. The molecule has 0 radical (unpaired) electrons. The highest BCUT2D eigenvalue weighted by Crippen LogP contribution is 2.38. The Bertz CT molecular complexity index is 574. The molecule has 1 aliphatic rings. The van der Waals surface area contributed by atoms with Gasteiger partial charge in [-0.15, -0.1) is 11.3 Å². The number of nitrogens with one attached hydrogen (secondary N) is 1. The Morgan fingerprint density at radius 2 is 2.32 bits per heavy atom. The zero-order chi connectivity index (χ0) is 13.2. The van der Waals surface area contributed by atoms with Crippen molar-refractivity contribution < 1.29 is 0 Å². The summed E-state index contributed by atoms with van der Waals surface area (Å²) in [6, 6.07) is 8.67. The van der Waals surface area contributed by atoms with Crippen LogP contribution in [-0.4, -0.2) is 18.6 Å². The SMILES string of the molecule is CNCC1CCCc2sc(-c3cccc(C)c3)nc21. The van der Waals surface area contributed by atoms with E-state index in [0.717, 1.165) is 6.54 Å². The lowest BCUT2D eigenvalue weighted by atomic mass is 9.91. The van der Waals surface area contributed by atoms with Gasteiger partial charge in [0.05, 0.1) is 5.69 Å². The van der Waals surface area contributed by atoms with Gasteiger partial charge in [0.2, 0.25) is 0 Å². The Morgan fingerprint density at radius 1 is 1.42 bits per heavy atom. The Hall–Kier alpha value is -1.19.